The van der Waals surface area contributed by atoms with Gasteiger partial charge in [0.15, 0.2) is 5.78 Å². The van der Waals surface area contributed by atoms with Gasteiger partial charge in [-0.15, -0.1) is 0 Å². The molecule has 0 saturated carbocycles. The Morgan fingerprint density at radius 3 is 3.00 bits per heavy atom. The summed E-state index contributed by atoms with van der Waals surface area (Å²) in [6.07, 6.45) is 2.07. The van der Waals surface area contributed by atoms with Crippen LogP contribution in [0.25, 0.3) is 0 Å². The third kappa shape index (κ3) is 4.05. The standard InChI is InChI=1S/C16H25N3O/c1-12-9-14-10-13(5-6-15(14)18-12)16(20)11-17-7-4-8-19(2)3/h5-6,10,12,17-18H,4,7-9,11H2,1-3H3. The maximum Gasteiger partial charge on any atom is 0.176 e. The van der Waals surface area contributed by atoms with Gasteiger partial charge >= 0.3 is 0 Å². The van der Waals surface area contributed by atoms with Gasteiger partial charge in [0.05, 0.1) is 6.54 Å². The third-order valence-corrected chi connectivity index (χ3v) is 3.60. The van der Waals surface area contributed by atoms with Crippen LogP contribution in [-0.2, 0) is 6.42 Å². The molecular weight excluding hydrogens is 250 g/mol. The van der Waals surface area contributed by atoms with Gasteiger partial charge in [-0.05, 0) is 70.7 Å². The Morgan fingerprint density at radius 1 is 1.45 bits per heavy atom. The number of carbonyl (C=O) groups excluding carboxylic acids is 1. The van der Waals surface area contributed by atoms with Crippen molar-refractivity contribution in [3.05, 3.63) is 29.3 Å². The Labute approximate surface area is 121 Å². The van der Waals surface area contributed by atoms with Gasteiger partial charge in [-0.1, -0.05) is 0 Å². The van der Waals surface area contributed by atoms with Crippen LogP contribution in [0.4, 0.5) is 5.69 Å². The smallest absolute Gasteiger partial charge is 0.176 e. The van der Waals surface area contributed by atoms with Crippen LogP contribution < -0.4 is 10.6 Å². The van der Waals surface area contributed by atoms with E-state index in [1.54, 1.807) is 0 Å². The van der Waals surface area contributed by atoms with E-state index in [1.807, 2.05) is 18.2 Å². The Bertz CT molecular complexity index is 471. The van der Waals surface area contributed by atoms with Crippen molar-refractivity contribution < 1.29 is 4.79 Å². The molecule has 20 heavy (non-hydrogen) atoms. The van der Waals surface area contributed by atoms with E-state index in [0.29, 0.717) is 12.6 Å². The summed E-state index contributed by atoms with van der Waals surface area (Å²) in [5, 5.41) is 6.63. The predicted octanol–water partition coefficient (Wildman–Crippen LogP) is 1.77. The lowest BCUT2D eigenvalue weighted by molar-refractivity contribution is 0.0991. The van der Waals surface area contributed by atoms with Crippen LogP contribution in [0.1, 0.15) is 29.3 Å². The van der Waals surface area contributed by atoms with Crippen molar-refractivity contribution >= 4 is 11.5 Å². The molecule has 1 unspecified atom stereocenters. The number of rotatable bonds is 7. The van der Waals surface area contributed by atoms with E-state index in [2.05, 4.69) is 36.6 Å². The average molecular weight is 275 g/mol. The number of ketones is 1. The Kier molecular flexibility index (Phi) is 5.15. The molecule has 0 radical (unpaired) electrons. The fourth-order valence-electron chi connectivity index (χ4n) is 2.55. The molecule has 4 nitrogen and oxygen atoms in total. The molecule has 1 aliphatic rings. The topological polar surface area (TPSA) is 44.4 Å². The molecule has 2 N–H and O–H groups in total. The summed E-state index contributed by atoms with van der Waals surface area (Å²) in [5.74, 6) is 0.178. The van der Waals surface area contributed by atoms with E-state index >= 15 is 0 Å². The summed E-state index contributed by atoms with van der Waals surface area (Å²) >= 11 is 0. The third-order valence-electron chi connectivity index (χ3n) is 3.60. The van der Waals surface area contributed by atoms with Crippen molar-refractivity contribution in [2.75, 3.05) is 39.0 Å². The summed E-state index contributed by atoms with van der Waals surface area (Å²) in [7, 11) is 4.12. The zero-order chi connectivity index (χ0) is 14.5. The fraction of sp³-hybridized carbons (Fsp3) is 0.562. The van der Waals surface area contributed by atoms with Crippen molar-refractivity contribution in [1.29, 1.82) is 0 Å². The molecule has 0 saturated heterocycles. The van der Waals surface area contributed by atoms with Crippen LogP contribution >= 0.6 is 0 Å². The lowest BCUT2D eigenvalue weighted by Crippen LogP contribution is -2.26. The number of anilines is 1. The van der Waals surface area contributed by atoms with Gasteiger partial charge < -0.3 is 15.5 Å². The summed E-state index contributed by atoms with van der Waals surface area (Å²) in [4.78, 5) is 14.3. The van der Waals surface area contributed by atoms with Crippen LogP contribution in [0.3, 0.4) is 0 Å². The number of hydrogen-bond donors (Lipinski definition) is 2. The zero-order valence-electron chi connectivity index (χ0n) is 12.7. The zero-order valence-corrected chi connectivity index (χ0v) is 12.7. The van der Waals surface area contributed by atoms with Gasteiger partial charge in [0.1, 0.15) is 0 Å². The molecule has 0 bridgehead atoms. The Balaban J connectivity index is 1.80. The molecule has 0 spiro atoms. The van der Waals surface area contributed by atoms with Crippen LogP contribution in [0.15, 0.2) is 18.2 Å². The first-order chi connectivity index (χ1) is 9.56. The van der Waals surface area contributed by atoms with Crippen molar-refractivity contribution in [1.82, 2.24) is 10.2 Å². The van der Waals surface area contributed by atoms with Crippen molar-refractivity contribution in [3.8, 4) is 0 Å². The summed E-state index contributed by atoms with van der Waals surface area (Å²) in [6, 6.07) is 6.46. The van der Waals surface area contributed by atoms with E-state index < -0.39 is 0 Å². The van der Waals surface area contributed by atoms with Crippen molar-refractivity contribution in [3.63, 3.8) is 0 Å². The first-order valence-electron chi connectivity index (χ1n) is 7.34. The van der Waals surface area contributed by atoms with Crippen LogP contribution in [0.5, 0.6) is 0 Å². The number of hydrogen-bond acceptors (Lipinski definition) is 4. The summed E-state index contributed by atoms with van der Waals surface area (Å²) in [6.45, 7) is 4.51. The van der Waals surface area contributed by atoms with Crippen LogP contribution in [-0.4, -0.2) is 50.5 Å². The van der Waals surface area contributed by atoms with Crippen molar-refractivity contribution in [2.24, 2.45) is 0 Å². The second kappa shape index (κ2) is 6.86. The highest BCUT2D eigenvalue weighted by Gasteiger charge is 2.18. The second-order valence-corrected chi connectivity index (χ2v) is 5.88. The number of nitrogens with zero attached hydrogens (tertiary/aromatic N) is 1. The summed E-state index contributed by atoms with van der Waals surface area (Å²) < 4.78 is 0. The van der Waals surface area contributed by atoms with Gasteiger partial charge in [0.2, 0.25) is 0 Å². The molecule has 1 atom stereocenters. The Hall–Kier alpha value is -1.39. The highest BCUT2D eigenvalue weighted by molar-refractivity contribution is 5.98. The predicted molar refractivity (Wildman–Crippen MR) is 83.6 cm³/mol. The minimum atomic E-state index is 0.178. The molecule has 0 amide bonds. The molecule has 2 rings (SSSR count). The molecule has 110 valence electrons. The highest BCUT2D eigenvalue weighted by atomic mass is 16.1. The van der Waals surface area contributed by atoms with Crippen LogP contribution in [0.2, 0.25) is 0 Å². The van der Waals surface area contributed by atoms with Gasteiger partial charge in [-0.3, -0.25) is 4.79 Å². The van der Waals surface area contributed by atoms with E-state index in [1.165, 1.54) is 11.3 Å². The van der Waals surface area contributed by atoms with Crippen molar-refractivity contribution in [2.45, 2.75) is 25.8 Å². The maximum absolute atomic E-state index is 12.1. The lowest BCUT2D eigenvalue weighted by atomic mass is 10.0. The molecular formula is C16H25N3O. The highest BCUT2D eigenvalue weighted by Crippen LogP contribution is 2.26. The number of fused-ring (bicyclic) bond motifs is 1. The largest absolute Gasteiger partial charge is 0.382 e. The second-order valence-electron chi connectivity index (χ2n) is 5.88. The van der Waals surface area contributed by atoms with Gasteiger partial charge in [-0.2, -0.15) is 0 Å². The normalized spacial score (nSPS) is 17.1. The number of benzene rings is 1. The quantitative estimate of drug-likeness (QED) is 0.588. The van der Waals surface area contributed by atoms with E-state index in [0.717, 1.165) is 31.5 Å². The van der Waals surface area contributed by atoms with E-state index in [4.69, 9.17) is 0 Å². The fourth-order valence-corrected chi connectivity index (χ4v) is 2.55. The molecule has 0 aliphatic carbocycles. The minimum absolute atomic E-state index is 0.178. The average Bonchev–Trinajstić information content (AvgIpc) is 2.76. The first kappa shape index (κ1) is 15.0. The van der Waals surface area contributed by atoms with Gasteiger partial charge in [0, 0.05) is 17.3 Å². The first-order valence-corrected chi connectivity index (χ1v) is 7.34. The number of carbonyl (C=O) groups is 1. The molecule has 1 aliphatic heterocycles. The molecule has 0 fully saturated rings. The monoisotopic (exact) mass is 275 g/mol. The Morgan fingerprint density at radius 2 is 2.25 bits per heavy atom. The molecule has 0 aromatic heterocycles. The minimum Gasteiger partial charge on any atom is -0.382 e. The molecule has 1 aromatic carbocycles. The van der Waals surface area contributed by atoms with E-state index in [9.17, 15) is 4.79 Å². The van der Waals surface area contributed by atoms with Gasteiger partial charge in [-0.25, -0.2) is 0 Å². The molecule has 1 heterocycles. The van der Waals surface area contributed by atoms with Gasteiger partial charge in [0.25, 0.3) is 0 Å². The molecule has 4 heteroatoms. The van der Waals surface area contributed by atoms with E-state index in [-0.39, 0.29) is 5.78 Å². The number of Topliss-reactive ketones (excluding diaryl/α,β-unsaturated/α-hetero) is 1. The maximum atomic E-state index is 12.1. The van der Waals surface area contributed by atoms with Crippen LogP contribution in [0, 0.1) is 0 Å². The molecule has 1 aromatic rings. The number of nitrogens with one attached hydrogen (secondary N) is 2. The SMILES string of the molecule is CC1Cc2cc(C(=O)CNCCCN(C)C)ccc2N1. The lowest BCUT2D eigenvalue weighted by Gasteiger charge is -2.09. The summed E-state index contributed by atoms with van der Waals surface area (Å²) in [5.41, 5.74) is 3.25.